The second kappa shape index (κ2) is 6.01. The molecule has 0 aliphatic heterocycles. The summed E-state index contributed by atoms with van der Waals surface area (Å²) >= 11 is 0. The Labute approximate surface area is 121 Å². The fraction of sp³-hybridized carbons (Fsp3) is 0.429. The van der Waals surface area contributed by atoms with Crippen LogP contribution in [0.3, 0.4) is 0 Å². The SMILES string of the molecule is O=C(N[C@H](Cc1ccccn1)C1CC(O)C1)c1cn[nH]n1. The molecule has 0 aromatic carbocycles. The Morgan fingerprint density at radius 1 is 1.48 bits per heavy atom. The summed E-state index contributed by atoms with van der Waals surface area (Å²) in [5.41, 5.74) is 1.19. The quantitative estimate of drug-likeness (QED) is 0.734. The van der Waals surface area contributed by atoms with Crippen molar-refractivity contribution in [3.05, 3.63) is 42.0 Å². The van der Waals surface area contributed by atoms with Crippen molar-refractivity contribution in [1.82, 2.24) is 25.7 Å². The first-order chi connectivity index (χ1) is 10.2. The number of hydrogen-bond donors (Lipinski definition) is 3. The van der Waals surface area contributed by atoms with Gasteiger partial charge in [0.1, 0.15) is 0 Å². The number of rotatable bonds is 5. The van der Waals surface area contributed by atoms with Crippen LogP contribution in [0.4, 0.5) is 0 Å². The van der Waals surface area contributed by atoms with Gasteiger partial charge in [-0.25, -0.2) is 0 Å². The summed E-state index contributed by atoms with van der Waals surface area (Å²) in [6.45, 7) is 0. The largest absolute Gasteiger partial charge is 0.393 e. The van der Waals surface area contributed by atoms with Crippen molar-refractivity contribution in [3.63, 3.8) is 0 Å². The number of aliphatic hydroxyl groups is 1. The molecule has 1 aliphatic carbocycles. The molecule has 1 fully saturated rings. The highest BCUT2D eigenvalue weighted by molar-refractivity contribution is 5.92. The maximum absolute atomic E-state index is 12.1. The van der Waals surface area contributed by atoms with Crippen LogP contribution in [0.1, 0.15) is 29.0 Å². The minimum atomic E-state index is -0.259. The fourth-order valence-corrected chi connectivity index (χ4v) is 2.59. The van der Waals surface area contributed by atoms with Crippen LogP contribution in [0.25, 0.3) is 0 Å². The van der Waals surface area contributed by atoms with E-state index in [2.05, 4.69) is 25.7 Å². The van der Waals surface area contributed by atoms with Crippen molar-refractivity contribution < 1.29 is 9.90 Å². The van der Waals surface area contributed by atoms with E-state index < -0.39 is 0 Å². The van der Waals surface area contributed by atoms with Gasteiger partial charge in [0.15, 0.2) is 5.69 Å². The zero-order valence-corrected chi connectivity index (χ0v) is 11.4. The number of nitrogens with one attached hydrogen (secondary N) is 2. The van der Waals surface area contributed by atoms with Gasteiger partial charge in [-0.3, -0.25) is 9.78 Å². The van der Waals surface area contributed by atoms with Crippen LogP contribution < -0.4 is 5.32 Å². The highest BCUT2D eigenvalue weighted by Gasteiger charge is 2.35. The number of H-pyrrole nitrogens is 1. The van der Waals surface area contributed by atoms with E-state index in [9.17, 15) is 9.90 Å². The van der Waals surface area contributed by atoms with E-state index in [4.69, 9.17) is 0 Å². The van der Waals surface area contributed by atoms with Gasteiger partial charge in [-0.05, 0) is 30.9 Å². The zero-order valence-electron chi connectivity index (χ0n) is 11.4. The number of carbonyl (C=O) groups excluding carboxylic acids is 1. The number of aliphatic hydroxyl groups excluding tert-OH is 1. The molecule has 0 spiro atoms. The minimum Gasteiger partial charge on any atom is -0.393 e. The zero-order chi connectivity index (χ0) is 14.7. The van der Waals surface area contributed by atoms with Crippen LogP contribution in [0.5, 0.6) is 0 Å². The van der Waals surface area contributed by atoms with Crippen molar-refractivity contribution in [2.45, 2.75) is 31.4 Å². The van der Waals surface area contributed by atoms with Crippen LogP contribution in [0.2, 0.25) is 0 Å². The monoisotopic (exact) mass is 287 g/mol. The van der Waals surface area contributed by atoms with E-state index in [0.29, 0.717) is 19.3 Å². The molecule has 3 rings (SSSR count). The normalized spacial score (nSPS) is 22.3. The molecule has 2 heterocycles. The van der Waals surface area contributed by atoms with Crippen LogP contribution in [-0.4, -0.2) is 43.6 Å². The molecule has 7 nitrogen and oxygen atoms in total. The van der Waals surface area contributed by atoms with Gasteiger partial charge in [-0.15, -0.1) is 0 Å². The number of nitrogens with zero attached hydrogens (tertiary/aromatic N) is 3. The third-order valence-corrected chi connectivity index (χ3v) is 3.84. The first kappa shape index (κ1) is 13.7. The Balaban J connectivity index is 1.69. The van der Waals surface area contributed by atoms with Gasteiger partial charge in [-0.2, -0.15) is 15.4 Å². The standard InChI is InChI=1S/C14H17N5O2/c20-11-5-9(6-11)12(7-10-3-1-2-4-15-10)17-14(21)13-8-16-19-18-13/h1-4,8-9,11-12,20H,5-7H2,(H,17,21)(H,16,18,19)/t9?,11?,12-/m1/s1. The predicted molar refractivity (Wildman–Crippen MR) is 74.3 cm³/mol. The summed E-state index contributed by atoms with van der Waals surface area (Å²) in [5, 5.41) is 22.3. The molecule has 0 unspecified atom stereocenters. The summed E-state index contributed by atoms with van der Waals surface area (Å²) in [6.07, 6.45) is 4.92. The van der Waals surface area contributed by atoms with Crippen molar-refractivity contribution in [3.8, 4) is 0 Å². The van der Waals surface area contributed by atoms with Crippen molar-refractivity contribution in [2.24, 2.45) is 5.92 Å². The Morgan fingerprint density at radius 3 is 2.95 bits per heavy atom. The van der Waals surface area contributed by atoms with Crippen molar-refractivity contribution >= 4 is 5.91 Å². The molecule has 0 bridgehead atoms. The van der Waals surface area contributed by atoms with Gasteiger partial charge in [0.2, 0.25) is 0 Å². The smallest absolute Gasteiger partial charge is 0.273 e. The maximum atomic E-state index is 12.1. The van der Waals surface area contributed by atoms with Gasteiger partial charge in [0.25, 0.3) is 5.91 Å². The Hall–Kier alpha value is -2.28. The summed E-state index contributed by atoms with van der Waals surface area (Å²) < 4.78 is 0. The number of hydrogen-bond acceptors (Lipinski definition) is 5. The third kappa shape index (κ3) is 3.25. The first-order valence-electron chi connectivity index (χ1n) is 6.97. The van der Waals surface area contributed by atoms with E-state index in [0.717, 1.165) is 5.69 Å². The van der Waals surface area contributed by atoms with Gasteiger partial charge < -0.3 is 10.4 Å². The molecule has 1 saturated carbocycles. The fourth-order valence-electron chi connectivity index (χ4n) is 2.59. The number of aromatic amines is 1. The summed E-state index contributed by atoms with van der Waals surface area (Å²) in [7, 11) is 0. The lowest BCUT2D eigenvalue weighted by Gasteiger charge is -2.37. The third-order valence-electron chi connectivity index (χ3n) is 3.84. The topological polar surface area (TPSA) is 104 Å². The van der Waals surface area contributed by atoms with Gasteiger partial charge in [0.05, 0.1) is 12.3 Å². The van der Waals surface area contributed by atoms with Gasteiger partial charge >= 0.3 is 0 Å². The Kier molecular flexibility index (Phi) is 3.92. The molecule has 1 aliphatic rings. The van der Waals surface area contributed by atoms with Crippen molar-refractivity contribution in [1.29, 1.82) is 0 Å². The maximum Gasteiger partial charge on any atom is 0.273 e. The average Bonchev–Trinajstić information content (AvgIpc) is 2.98. The number of carbonyl (C=O) groups is 1. The second-order valence-electron chi connectivity index (χ2n) is 5.35. The molecular formula is C14H17N5O2. The van der Waals surface area contributed by atoms with E-state index in [1.54, 1.807) is 6.20 Å². The molecule has 0 radical (unpaired) electrons. The van der Waals surface area contributed by atoms with Crippen LogP contribution in [0, 0.1) is 5.92 Å². The van der Waals surface area contributed by atoms with Gasteiger partial charge in [-0.1, -0.05) is 6.07 Å². The second-order valence-corrected chi connectivity index (χ2v) is 5.35. The number of pyridine rings is 1. The molecular weight excluding hydrogens is 270 g/mol. The number of aromatic nitrogens is 4. The van der Waals surface area contributed by atoms with E-state index in [1.807, 2.05) is 18.2 Å². The first-order valence-corrected chi connectivity index (χ1v) is 6.97. The Morgan fingerprint density at radius 2 is 2.33 bits per heavy atom. The molecule has 7 heteroatoms. The summed E-state index contributed by atoms with van der Waals surface area (Å²) in [4.78, 5) is 16.4. The van der Waals surface area contributed by atoms with Gasteiger partial charge in [0, 0.05) is 24.4 Å². The lowest BCUT2D eigenvalue weighted by molar-refractivity contribution is 0.0237. The molecule has 1 amide bonds. The van der Waals surface area contributed by atoms with E-state index in [1.165, 1.54) is 6.20 Å². The lowest BCUT2D eigenvalue weighted by atomic mass is 9.76. The molecule has 1 atom stereocenters. The Bertz CT molecular complexity index is 581. The van der Waals surface area contributed by atoms with E-state index in [-0.39, 0.29) is 29.7 Å². The predicted octanol–water partition coefficient (Wildman–Crippen LogP) is 0.312. The molecule has 2 aromatic heterocycles. The average molecular weight is 287 g/mol. The lowest BCUT2D eigenvalue weighted by Crippen LogP contribution is -2.48. The molecule has 3 N–H and O–H groups in total. The van der Waals surface area contributed by atoms with Crippen molar-refractivity contribution in [2.75, 3.05) is 0 Å². The van der Waals surface area contributed by atoms with E-state index >= 15 is 0 Å². The summed E-state index contributed by atoms with van der Waals surface area (Å²) in [5.74, 6) is 0.00364. The van der Waals surface area contributed by atoms with Crippen LogP contribution in [-0.2, 0) is 6.42 Å². The molecule has 110 valence electrons. The number of amides is 1. The molecule has 21 heavy (non-hydrogen) atoms. The molecule has 0 saturated heterocycles. The highest BCUT2D eigenvalue weighted by atomic mass is 16.3. The molecule has 2 aromatic rings. The van der Waals surface area contributed by atoms with Crippen LogP contribution in [0.15, 0.2) is 30.6 Å². The van der Waals surface area contributed by atoms with Crippen LogP contribution >= 0.6 is 0 Å². The highest BCUT2D eigenvalue weighted by Crippen LogP contribution is 2.31. The minimum absolute atomic E-state index is 0.0625. The summed E-state index contributed by atoms with van der Waals surface area (Å²) in [6, 6.07) is 5.66.